The minimum absolute atomic E-state index is 0.0866. The summed E-state index contributed by atoms with van der Waals surface area (Å²) >= 11 is 0. The Labute approximate surface area is 84.5 Å². The number of allylic oxidation sites excluding steroid dienone is 1. The molecule has 14 heavy (non-hydrogen) atoms. The molecule has 0 aliphatic rings. The monoisotopic (exact) mass is 184 g/mol. The third-order valence-corrected chi connectivity index (χ3v) is 1.83. The van der Waals surface area contributed by atoms with Crippen molar-refractivity contribution in [2.24, 2.45) is 0 Å². The first kappa shape index (κ1) is 10.3. The van der Waals surface area contributed by atoms with Crippen molar-refractivity contribution in [1.29, 1.82) is 0 Å². The van der Waals surface area contributed by atoms with Gasteiger partial charge in [-0.2, -0.15) is 0 Å². The van der Waals surface area contributed by atoms with E-state index in [0.29, 0.717) is 6.42 Å². The van der Waals surface area contributed by atoms with Crippen LogP contribution in [0.5, 0.6) is 0 Å². The molecule has 0 N–H and O–H groups in total. The molecule has 0 fully saturated rings. The maximum atomic E-state index is 11.1. The van der Waals surface area contributed by atoms with Crippen molar-refractivity contribution in [3.05, 3.63) is 48.0 Å². The molecular weight excluding hydrogens is 172 g/mol. The lowest BCUT2D eigenvalue weighted by Crippen LogP contribution is -1.93. The zero-order valence-corrected chi connectivity index (χ0v) is 8.21. The molecule has 0 unspecified atom stereocenters. The highest BCUT2D eigenvalue weighted by molar-refractivity contribution is 5.94. The molecule has 0 spiro atoms. The summed E-state index contributed by atoms with van der Waals surface area (Å²) in [7, 11) is 0. The number of carbonyl (C=O) groups is 1. The summed E-state index contributed by atoms with van der Waals surface area (Å²) in [5.74, 6) is 5.80. The Balaban J connectivity index is 2.83. The summed E-state index contributed by atoms with van der Waals surface area (Å²) in [6.45, 7) is 5.07. The first-order valence-electron chi connectivity index (χ1n) is 4.43. The first-order valence-corrected chi connectivity index (χ1v) is 4.43. The van der Waals surface area contributed by atoms with Gasteiger partial charge < -0.3 is 0 Å². The molecule has 0 amide bonds. The van der Waals surface area contributed by atoms with E-state index in [2.05, 4.69) is 18.4 Å². The Kier molecular flexibility index (Phi) is 3.69. The summed E-state index contributed by atoms with van der Waals surface area (Å²) in [6, 6.07) is 7.53. The van der Waals surface area contributed by atoms with Crippen LogP contribution in [0.3, 0.4) is 0 Å². The lowest BCUT2D eigenvalue weighted by molar-refractivity contribution is 0.101. The fourth-order valence-corrected chi connectivity index (χ4v) is 1.13. The highest BCUT2D eigenvalue weighted by Gasteiger charge is 1.98. The summed E-state index contributed by atoms with van der Waals surface area (Å²) in [4.78, 5) is 11.1. The lowest BCUT2D eigenvalue weighted by atomic mass is 10.1. The molecule has 0 aliphatic heterocycles. The minimum Gasteiger partial charge on any atom is -0.295 e. The number of benzene rings is 1. The van der Waals surface area contributed by atoms with Crippen LogP contribution in [0.1, 0.15) is 22.8 Å². The fourth-order valence-electron chi connectivity index (χ4n) is 1.13. The normalized spacial score (nSPS) is 8.64. The van der Waals surface area contributed by atoms with Crippen LogP contribution in [0.4, 0.5) is 0 Å². The second-order valence-electron chi connectivity index (χ2n) is 2.96. The van der Waals surface area contributed by atoms with Crippen LogP contribution < -0.4 is 0 Å². The second kappa shape index (κ2) is 5.04. The van der Waals surface area contributed by atoms with Crippen molar-refractivity contribution in [3.8, 4) is 11.8 Å². The summed E-state index contributed by atoms with van der Waals surface area (Å²) < 4.78 is 0. The van der Waals surface area contributed by atoms with Crippen LogP contribution in [0.2, 0.25) is 0 Å². The van der Waals surface area contributed by atoms with Gasteiger partial charge in [0.15, 0.2) is 5.78 Å². The molecule has 0 atom stereocenters. The number of carbonyl (C=O) groups excluding carboxylic acids is 1. The molecule has 1 heteroatoms. The number of hydrogen-bond acceptors (Lipinski definition) is 1. The van der Waals surface area contributed by atoms with Crippen LogP contribution >= 0.6 is 0 Å². The van der Waals surface area contributed by atoms with Gasteiger partial charge in [-0.1, -0.05) is 36.6 Å². The molecule has 0 bridgehead atoms. The Hall–Kier alpha value is -1.81. The summed E-state index contributed by atoms with van der Waals surface area (Å²) in [5.41, 5.74) is 1.80. The number of Topliss-reactive ketones (excluding diaryl/α,β-unsaturated/α-hetero) is 1. The summed E-state index contributed by atoms with van der Waals surface area (Å²) in [5, 5.41) is 0. The van der Waals surface area contributed by atoms with Gasteiger partial charge in [-0.25, -0.2) is 0 Å². The third-order valence-electron chi connectivity index (χ3n) is 1.83. The van der Waals surface area contributed by atoms with E-state index >= 15 is 0 Å². The molecule has 1 aromatic rings. The zero-order chi connectivity index (χ0) is 10.4. The van der Waals surface area contributed by atoms with E-state index < -0.39 is 0 Å². The average molecular weight is 184 g/mol. The molecule has 70 valence electrons. The Morgan fingerprint density at radius 3 is 3.00 bits per heavy atom. The van der Waals surface area contributed by atoms with E-state index in [0.717, 1.165) is 11.1 Å². The fraction of sp³-hybridized carbons (Fsp3) is 0.154. The van der Waals surface area contributed by atoms with E-state index in [9.17, 15) is 4.79 Å². The molecule has 0 saturated heterocycles. The molecule has 0 aliphatic carbocycles. The molecule has 0 aromatic heterocycles. The van der Waals surface area contributed by atoms with Gasteiger partial charge in [0.25, 0.3) is 0 Å². The molecule has 1 rings (SSSR count). The summed E-state index contributed by atoms with van der Waals surface area (Å²) in [6.07, 6.45) is 2.22. The van der Waals surface area contributed by atoms with Gasteiger partial charge in [-0.3, -0.25) is 4.79 Å². The lowest BCUT2D eigenvalue weighted by Gasteiger charge is -1.98. The SMILES string of the molecule is C=CC#CCc1cccc(C(C)=O)c1. The highest BCUT2D eigenvalue weighted by atomic mass is 16.1. The van der Waals surface area contributed by atoms with Gasteiger partial charge in [0.2, 0.25) is 0 Å². The van der Waals surface area contributed by atoms with Crippen LogP contribution in [0, 0.1) is 11.8 Å². The van der Waals surface area contributed by atoms with Gasteiger partial charge in [-0.05, 0) is 24.6 Å². The largest absolute Gasteiger partial charge is 0.295 e. The predicted molar refractivity (Wildman–Crippen MR) is 58.1 cm³/mol. The minimum atomic E-state index is 0.0866. The zero-order valence-electron chi connectivity index (χ0n) is 8.21. The van der Waals surface area contributed by atoms with Crippen molar-refractivity contribution >= 4 is 5.78 Å². The Morgan fingerprint density at radius 2 is 2.36 bits per heavy atom. The molecule has 1 nitrogen and oxygen atoms in total. The van der Waals surface area contributed by atoms with Crippen LogP contribution in [-0.4, -0.2) is 5.78 Å². The van der Waals surface area contributed by atoms with Gasteiger partial charge in [0.05, 0.1) is 0 Å². The standard InChI is InChI=1S/C13H12O/c1-3-4-5-7-12-8-6-9-13(10-12)11(2)14/h3,6,8-10H,1,7H2,2H3. The van der Waals surface area contributed by atoms with Gasteiger partial charge in [0, 0.05) is 12.0 Å². The average Bonchev–Trinajstić information content (AvgIpc) is 2.19. The maximum absolute atomic E-state index is 11.1. The van der Waals surface area contributed by atoms with Crippen LogP contribution in [-0.2, 0) is 6.42 Å². The third kappa shape index (κ3) is 2.91. The maximum Gasteiger partial charge on any atom is 0.159 e. The van der Waals surface area contributed by atoms with Crippen molar-refractivity contribution in [3.63, 3.8) is 0 Å². The molecule has 0 saturated carbocycles. The molecule has 0 radical (unpaired) electrons. The van der Waals surface area contributed by atoms with E-state index in [1.54, 1.807) is 13.0 Å². The highest BCUT2D eigenvalue weighted by Crippen LogP contribution is 2.06. The van der Waals surface area contributed by atoms with E-state index in [-0.39, 0.29) is 5.78 Å². The number of hydrogen-bond donors (Lipinski definition) is 0. The Bertz CT molecular complexity index is 405. The quantitative estimate of drug-likeness (QED) is 0.510. The molecule has 0 heterocycles. The van der Waals surface area contributed by atoms with E-state index in [1.807, 2.05) is 24.3 Å². The van der Waals surface area contributed by atoms with Crippen LogP contribution in [0.15, 0.2) is 36.9 Å². The van der Waals surface area contributed by atoms with Gasteiger partial charge in [0.1, 0.15) is 0 Å². The van der Waals surface area contributed by atoms with Crippen LogP contribution in [0.25, 0.3) is 0 Å². The molecule has 1 aromatic carbocycles. The smallest absolute Gasteiger partial charge is 0.159 e. The van der Waals surface area contributed by atoms with Gasteiger partial charge in [-0.15, -0.1) is 0 Å². The second-order valence-corrected chi connectivity index (χ2v) is 2.96. The topological polar surface area (TPSA) is 17.1 Å². The number of rotatable bonds is 2. The first-order chi connectivity index (χ1) is 6.74. The van der Waals surface area contributed by atoms with Crippen molar-refractivity contribution in [2.45, 2.75) is 13.3 Å². The number of ketones is 1. The van der Waals surface area contributed by atoms with E-state index in [4.69, 9.17) is 0 Å². The predicted octanol–water partition coefficient (Wildman–Crippen LogP) is 2.62. The Morgan fingerprint density at radius 1 is 1.57 bits per heavy atom. The van der Waals surface area contributed by atoms with E-state index in [1.165, 1.54) is 0 Å². The van der Waals surface area contributed by atoms with Gasteiger partial charge >= 0.3 is 0 Å². The van der Waals surface area contributed by atoms with Crippen molar-refractivity contribution in [1.82, 2.24) is 0 Å². The van der Waals surface area contributed by atoms with Crippen molar-refractivity contribution < 1.29 is 4.79 Å². The van der Waals surface area contributed by atoms with Crippen molar-refractivity contribution in [2.75, 3.05) is 0 Å². The molecular formula is C13H12O.